The number of nitrogens with zero attached hydrogens (tertiary/aromatic N) is 2. The monoisotopic (exact) mass is 411 g/mol. The van der Waals surface area contributed by atoms with Crippen LogP contribution >= 0.6 is 11.6 Å². The predicted molar refractivity (Wildman–Crippen MR) is 120 cm³/mol. The van der Waals surface area contributed by atoms with Crippen molar-refractivity contribution in [3.8, 4) is 5.75 Å². The Kier molecular flexibility index (Phi) is 6.90. The Balaban J connectivity index is 1.87. The van der Waals surface area contributed by atoms with E-state index >= 15 is 0 Å². The molecular weight excluding hydrogens is 386 g/mol. The number of rotatable bonds is 8. The van der Waals surface area contributed by atoms with Gasteiger partial charge < -0.3 is 20.7 Å². The molecule has 0 aliphatic heterocycles. The Labute approximate surface area is 176 Å². The number of aromatic nitrogens is 2. The van der Waals surface area contributed by atoms with Crippen LogP contribution in [0, 0.1) is 13.8 Å². The normalized spacial score (nSPS) is 10.7. The van der Waals surface area contributed by atoms with Crippen molar-refractivity contribution in [1.82, 2.24) is 15.3 Å². The first-order chi connectivity index (χ1) is 14.0. The summed E-state index contributed by atoms with van der Waals surface area (Å²) < 4.78 is 5.58. The van der Waals surface area contributed by atoms with Crippen LogP contribution in [0.25, 0.3) is 0 Å². The van der Waals surface area contributed by atoms with Crippen LogP contribution < -0.4 is 20.7 Å². The van der Waals surface area contributed by atoms with Crippen molar-refractivity contribution in [2.75, 3.05) is 31.3 Å². The van der Waals surface area contributed by atoms with Gasteiger partial charge in [-0.2, -0.15) is 4.98 Å². The van der Waals surface area contributed by atoms with E-state index in [9.17, 15) is 0 Å². The molecule has 6 nitrogen and oxygen atoms in total. The van der Waals surface area contributed by atoms with Crippen LogP contribution in [-0.2, 0) is 6.42 Å². The van der Waals surface area contributed by atoms with Crippen LogP contribution in [0.1, 0.15) is 16.7 Å². The summed E-state index contributed by atoms with van der Waals surface area (Å²) in [5, 5.41) is 10.2. The summed E-state index contributed by atoms with van der Waals surface area (Å²) in [5.74, 6) is 1.72. The van der Waals surface area contributed by atoms with E-state index < -0.39 is 0 Å². The number of anilines is 4. The standard InChI is InChI=1S/C22H26ClN5O/c1-14-7-5-6-8-18(14)26-21-17(23)13-25-22(28-21)27-19-11-15(2)16(9-10-24-3)12-20(19)29-4/h5-8,11-13,24H,9-10H2,1-4H3,(H2,25,26,27,28). The Morgan fingerprint density at radius 3 is 2.55 bits per heavy atom. The van der Waals surface area contributed by atoms with E-state index in [1.807, 2.05) is 38.2 Å². The van der Waals surface area contributed by atoms with Crippen LogP contribution in [0.4, 0.5) is 23.1 Å². The van der Waals surface area contributed by atoms with Gasteiger partial charge in [0, 0.05) is 5.69 Å². The minimum Gasteiger partial charge on any atom is -0.495 e. The SMILES string of the molecule is CNCCc1cc(OC)c(Nc2ncc(Cl)c(Nc3ccccc3C)n2)cc1C. The fourth-order valence-electron chi connectivity index (χ4n) is 3.00. The minimum atomic E-state index is 0.436. The summed E-state index contributed by atoms with van der Waals surface area (Å²) in [6.07, 6.45) is 2.51. The van der Waals surface area contributed by atoms with Crippen LogP contribution in [0.15, 0.2) is 42.6 Å². The number of ether oxygens (including phenoxy) is 1. The smallest absolute Gasteiger partial charge is 0.229 e. The van der Waals surface area contributed by atoms with Crippen molar-refractivity contribution in [3.63, 3.8) is 0 Å². The summed E-state index contributed by atoms with van der Waals surface area (Å²) in [4.78, 5) is 8.87. The average Bonchev–Trinajstić information content (AvgIpc) is 2.71. The zero-order valence-electron chi connectivity index (χ0n) is 17.1. The molecule has 0 amide bonds. The second-order valence-electron chi connectivity index (χ2n) is 6.79. The van der Waals surface area contributed by atoms with Gasteiger partial charge in [-0.05, 0) is 68.8 Å². The van der Waals surface area contributed by atoms with Gasteiger partial charge >= 0.3 is 0 Å². The highest BCUT2D eigenvalue weighted by molar-refractivity contribution is 6.32. The average molecular weight is 412 g/mol. The van der Waals surface area contributed by atoms with Crippen molar-refractivity contribution < 1.29 is 4.74 Å². The number of hydrogen-bond donors (Lipinski definition) is 3. The number of nitrogens with one attached hydrogen (secondary N) is 3. The third kappa shape index (κ3) is 5.16. The second kappa shape index (κ2) is 9.58. The highest BCUT2D eigenvalue weighted by Gasteiger charge is 2.12. The van der Waals surface area contributed by atoms with Gasteiger partial charge in [0.15, 0.2) is 5.82 Å². The van der Waals surface area contributed by atoms with Crippen molar-refractivity contribution in [3.05, 3.63) is 64.3 Å². The van der Waals surface area contributed by atoms with Crippen LogP contribution in [0.3, 0.4) is 0 Å². The van der Waals surface area contributed by atoms with Gasteiger partial charge in [0.2, 0.25) is 5.95 Å². The summed E-state index contributed by atoms with van der Waals surface area (Å²) in [6.45, 7) is 5.02. The predicted octanol–water partition coefficient (Wildman–Crippen LogP) is 5.00. The number of aryl methyl sites for hydroxylation is 2. The minimum absolute atomic E-state index is 0.436. The van der Waals surface area contributed by atoms with Gasteiger partial charge in [0.05, 0.1) is 19.0 Å². The molecule has 0 radical (unpaired) electrons. The lowest BCUT2D eigenvalue weighted by molar-refractivity contribution is 0.416. The quantitative estimate of drug-likeness (QED) is 0.484. The molecule has 0 aliphatic rings. The van der Waals surface area contributed by atoms with Crippen molar-refractivity contribution in [2.45, 2.75) is 20.3 Å². The summed E-state index contributed by atoms with van der Waals surface area (Å²) in [7, 11) is 3.61. The third-order valence-corrected chi connectivity index (χ3v) is 4.97. The molecule has 2 aromatic carbocycles. The lowest BCUT2D eigenvalue weighted by atomic mass is 10.0. The number of hydrogen-bond acceptors (Lipinski definition) is 6. The number of likely N-dealkylation sites (N-methyl/N-ethyl adjacent to an activating group) is 1. The fourth-order valence-corrected chi connectivity index (χ4v) is 3.14. The molecule has 7 heteroatoms. The number of benzene rings is 2. The van der Waals surface area contributed by atoms with E-state index in [0.29, 0.717) is 16.8 Å². The van der Waals surface area contributed by atoms with Gasteiger partial charge in [-0.3, -0.25) is 0 Å². The molecule has 0 aliphatic carbocycles. The van der Waals surface area contributed by atoms with Crippen molar-refractivity contribution in [1.29, 1.82) is 0 Å². The van der Waals surface area contributed by atoms with Gasteiger partial charge in [0.25, 0.3) is 0 Å². The van der Waals surface area contributed by atoms with E-state index in [4.69, 9.17) is 16.3 Å². The highest BCUT2D eigenvalue weighted by Crippen LogP contribution is 2.32. The molecule has 0 atom stereocenters. The van der Waals surface area contributed by atoms with E-state index in [0.717, 1.165) is 35.7 Å². The maximum Gasteiger partial charge on any atom is 0.229 e. The number of methoxy groups -OCH3 is 1. The van der Waals surface area contributed by atoms with Gasteiger partial charge in [-0.25, -0.2) is 4.98 Å². The van der Waals surface area contributed by atoms with Crippen molar-refractivity contribution >= 4 is 34.7 Å². The first kappa shape index (κ1) is 20.9. The highest BCUT2D eigenvalue weighted by atomic mass is 35.5. The fraction of sp³-hybridized carbons (Fsp3) is 0.273. The molecule has 0 unspecified atom stereocenters. The van der Waals surface area contributed by atoms with E-state index in [2.05, 4.69) is 45.0 Å². The van der Waals surface area contributed by atoms with Crippen LogP contribution in [0.2, 0.25) is 5.02 Å². The Morgan fingerprint density at radius 2 is 1.83 bits per heavy atom. The first-order valence-electron chi connectivity index (χ1n) is 9.46. The molecule has 3 N–H and O–H groups in total. The summed E-state index contributed by atoms with van der Waals surface area (Å²) in [6, 6.07) is 12.1. The molecule has 0 bridgehead atoms. The van der Waals surface area contributed by atoms with E-state index in [1.165, 1.54) is 11.1 Å². The zero-order chi connectivity index (χ0) is 20.8. The molecule has 1 heterocycles. The maximum absolute atomic E-state index is 6.31. The molecule has 0 spiro atoms. The largest absolute Gasteiger partial charge is 0.495 e. The molecule has 0 saturated heterocycles. The van der Waals surface area contributed by atoms with E-state index in [1.54, 1.807) is 13.3 Å². The lowest BCUT2D eigenvalue weighted by Crippen LogP contribution is -2.11. The zero-order valence-corrected chi connectivity index (χ0v) is 17.9. The molecule has 152 valence electrons. The molecule has 1 aromatic heterocycles. The Morgan fingerprint density at radius 1 is 1.03 bits per heavy atom. The van der Waals surface area contributed by atoms with Gasteiger partial charge in [-0.1, -0.05) is 29.8 Å². The van der Waals surface area contributed by atoms with Crippen LogP contribution in [0.5, 0.6) is 5.75 Å². The second-order valence-corrected chi connectivity index (χ2v) is 7.19. The molecular formula is C22H26ClN5O. The molecule has 0 fully saturated rings. The maximum atomic E-state index is 6.31. The van der Waals surface area contributed by atoms with Gasteiger partial charge in [-0.15, -0.1) is 0 Å². The molecule has 29 heavy (non-hydrogen) atoms. The van der Waals surface area contributed by atoms with Crippen LogP contribution in [-0.4, -0.2) is 30.7 Å². The summed E-state index contributed by atoms with van der Waals surface area (Å²) >= 11 is 6.31. The van der Waals surface area contributed by atoms with Crippen molar-refractivity contribution in [2.24, 2.45) is 0 Å². The molecule has 3 rings (SSSR count). The third-order valence-electron chi connectivity index (χ3n) is 4.69. The summed E-state index contributed by atoms with van der Waals surface area (Å²) in [5.41, 5.74) is 5.27. The molecule has 3 aromatic rings. The Hall–Kier alpha value is -2.83. The van der Waals surface area contributed by atoms with E-state index in [-0.39, 0.29) is 0 Å². The van der Waals surface area contributed by atoms with Gasteiger partial charge in [0.1, 0.15) is 10.8 Å². The molecule has 0 saturated carbocycles. The number of para-hydroxylation sites is 1. The Bertz CT molecular complexity index is 993. The topological polar surface area (TPSA) is 71.1 Å². The first-order valence-corrected chi connectivity index (χ1v) is 9.84. The lowest BCUT2D eigenvalue weighted by Gasteiger charge is -2.15. The number of halogens is 1.